The first-order valence-electron chi connectivity index (χ1n) is 9.75. The van der Waals surface area contributed by atoms with Gasteiger partial charge < -0.3 is 10.6 Å². The van der Waals surface area contributed by atoms with E-state index in [1.807, 2.05) is 66.9 Å². The summed E-state index contributed by atoms with van der Waals surface area (Å²) in [5.41, 5.74) is 3.95. The predicted octanol–water partition coefficient (Wildman–Crippen LogP) is 4.00. The number of pyridine rings is 1. The molecule has 2 heterocycles. The van der Waals surface area contributed by atoms with Crippen molar-refractivity contribution in [3.8, 4) is 0 Å². The van der Waals surface area contributed by atoms with Crippen molar-refractivity contribution in [2.45, 2.75) is 13.0 Å². The summed E-state index contributed by atoms with van der Waals surface area (Å²) in [4.78, 5) is 24.9. The van der Waals surface area contributed by atoms with E-state index in [0.717, 1.165) is 28.6 Å². The van der Waals surface area contributed by atoms with Crippen LogP contribution in [0.3, 0.4) is 0 Å². The largest absolute Gasteiger partial charge is 0.381 e. The van der Waals surface area contributed by atoms with Crippen LogP contribution in [0.25, 0.3) is 10.9 Å². The van der Waals surface area contributed by atoms with Gasteiger partial charge in [-0.25, -0.2) is 14.8 Å². The van der Waals surface area contributed by atoms with Gasteiger partial charge in [0.25, 0.3) is 0 Å². The molecular weight excluding hydrogens is 376 g/mol. The second kappa shape index (κ2) is 9.47. The summed E-state index contributed by atoms with van der Waals surface area (Å²) in [7, 11) is 0. The van der Waals surface area contributed by atoms with Gasteiger partial charge >= 0.3 is 6.03 Å². The van der Waals surface area contributed by atoms with E-state index in [-0.39, 0.29) is 12.0 Å². The van der Waals surface area contributed by atoms with Crippen LogP contribution < -0.4 is 16.0 Å². The smallest absolute Gasteiger partial charge is 0.321 e. The lowest BCUT2D eigenvalue weighted by Crippen LogP contribution is -2.31. The van der Waals surface area contributed by atoms with E-state index >= 15 is 0 Å². The van der Waals surface area contributed by atoms with E-state index < -0.39 is 0 Å². The van der Waals surface area contributed by atoms with Gasteiger partial charge in [-0.3, -0.25) is 10.3 Å². The van der Waals surface area contributed by atoms with Crippen molar-refractivity contribution in [3.05, 3.63) is 90.4 Å². The van der Waals surface area contributed by atoms with E-state index in [2.05, 4.69) is 30.9 Å². The molecule has 4 aromatic rings. The normalized spacial score (nSPS) is 10.5. The topological polar surface area (TPSA) is 91.8 Å². The van der Waals surface area contributed by atoms with Crippen molar-refractivity contribution in [1.29, 1.82) is 0 Å². The summed E-state index contributed by atoms with van der Waals surface area (Å²) in [5, 5.41) is 9.78. The number of rotatable bonds is 7. The molecule has 7 nitrogen and oxygen atoms in total. The van der Waals surface area contributed by atoms with Crippen LogP contribution in [0, 0.1) is 0 Å². The van der Waals surface area contributed by atoms with Crippen molar-refractivity contribution in [1.82, 2.24) is 20.3 Å². The highest BCUT2D eigenvalue weighted by atomic mass is 16.2. The molecule has 4 rings (SSSR count). The zero-order valence-electron chi connectivity index (χ0n) is 16.4. The minimum absolute atomic E-state index is 0.268. The SMILES string of the molecule is O=C(NCCc1ccccc1)Nc1ncc2ccc(NCc3cccnc3)cc2n1. The zero-order valence-corrected chi connectivity index (χ0v) is 16.4. The fourth-order valence-electron chi connectivity index (χ4n) is 3.01. The van der Waals surface area contributed by atoms with Gasteiger partial charge in [-0.2, -0.15) is 0 Å². The molecule has 0 bridgehead atoms. The van der Waals surface area contributed by atoms with Gasteiger partial charge in [0, 0.05) is 42.8 Å². The molecule has 0 radical (unpaired) electrons. The predicted molar refractivity (Wildman–Crippen MR) is 118 cm³/mol. The lowest BCUT2D eigenvalue weighted by molar-refractivity contribution is 0.252. The van der Waals surface area contributed by atoms with Crippen LogP contribution in [0.2, 0.25) is 0 Å². The third-order valence-electron chi connectivity index (χ3n) is 4.57. The number of urea groups is 1. The summed E-state index contributed by atoms with van der Waals surface area (Å²) in [6, 6.07) is 19.5. The van der Waals surface area contributed by atoms with Crippen LogP contribution in [-0.4, -0.2) is 27.5 Å². The quantitative estimate of drug-likeness (QED) is 0.438. The maximum atomic E-state index is 12.1. The molecule has 2 amide bonds. The van der Waals surface area contributed by atoms with E-state index in [1.165, 1.54) is 5.56 Å². The molecular formula is C23H22N6O. The number of fused-ring (bicyclic) bond motifs is 1. The number of hydrogen-bond donors (Lipinski definition) is 3. The average molecular weight is 398 g/mol. The number of aromatic nitrogens is 3. The highest BCUT2D eigenvalue weighted by molar-refractivity contribution is 5.89. The Morgan fingerprint density at radius 2 is 1.80 bits per heavy atom. The lowest BCUT2D eigenvalue weighted by Gasteiger charge is -2.09. The Morgan fingerprint density at radius 3 is 2.63 bits per heavy atom. The van der Waals surface area contributed by atoms with E-state index in [0.29, 0.717) is 13.1 Å². The third kappa shape index (κ3) is 5.29. The molecule has 2 aromatic carbocycles. The fraction of sp³-hybridized carbons (Fsp3) is 0.130. The molecule has 7 heteroatoms. The van der Waals surface area contributed by atoms with Crippen molar-refractivity contribution in [2.24, 2.45) is 0 Å². The van der Waals surface area contributed by atoms with Gasteiger partial charge in [0.2, 0.25) is 5.95 Å². The van der Waals surface area contributed by atoms with Crippen molar-refractivity contribution in [3.63, 3.8) is 0 Å². The minimum Gasteiger partial charge on any atom is -0.381 e. The number of nitrogens with zero attached hydrogens (tertiary/aromatic N) is 3. The molecule has 3 N–H and O–H groups in total. The first kappa shape index (κ1) is 19.3. The number of hydrogen-bond acceptors (Lipinski definition) is 5. The van der Waals surface area contributed by atoms with Gasteiger partial charge in [-0.15, -0.1) is 0 Å². The van der Waals surface area contributed by atoms with Crippen molar-refractivity contribution < 1.29 is 4.79 Å². The maximum Gasteiger partial charge on any atom is 0.321 e. The summed E-state index contributed by atoms with van der Waals surface area (Å²) < 4.78 is 0. The summed E-state index contributed by atoms with van der Waals surface area (Å²) in [6.07, 6.45) is 6.04. The number of benzene rings is 2. The van der Waals surface area contributed by atoms with Crippen molar-refractivity contribution in [2.75, 3.05) is 17.2 Å². The number of nitrogens with one attached hydrogen (secondary N) is 3. The fourth-order valence-corrected chi connectivity index (χ4v) is 3.01. The zero-order chi connectivity index (χ0) is 20.6. The van der Waals surface area contributed by atoms with E-state index in [1.54, 1.807) is 12.4 Å². The lowest BCUT2D eigenvalue weighted by atomic mass is 10.1. The number of anilines is 2. The molecule has 0 spiro atoms. The molecule has 0 fully saturated rings. The monoisotopic (exact) mass is 398 g/mol. The molecule has 2 aromatic heterocycles. The molecule has 0 aliphatic heterocycles. The number of carbonyl (C=O) groups is 1. The first-order valence-corrected chi connectivity index (χ1v) is 9.75. The highest BCUT2D eigenvalue weighted by Crippen LogP contribution is 2.18. The van der Waals surface area contributed by atoms with Crippen LogP contribution in [0.1, 0.15) is 11.1 Å². The van der Waals surface area contributed by atoms with Gasteiger partial charge in [0.05, 0.1) is 5.52 Å². The van der Waals surface area contributed by atoms with Gasteiger partial charge in [-0.05, 0) is 41.8 Å². The van der Waals surface area contributed by atoms with Crippen LogP contribution >= 0.6 is 0 Å². The Bertz CT molecular complexity index is 1120. The van der Waals surface area contributed by atoms with Crippen molar-refractivity contribution >= 4 is 28.6 Å². The standard InChI is InChI=1S/C23H22N6O/c30-23(25-12-10-17-5-2-1-3-6-17)29-22-27-16-19-8-9-20(13-21(19)28-22)26-15-18-7-4-11-24-14-18/h1-9,11,13-14,16,26H,10,12,15H2,(H2,25,27,28,29,30). The average Bonchev–Trinajstić information content (AvgIpc) is 2.79. The van der Waals surface area contributed by atoms with Gasteiger partial charge in [0.1, 0.15) is 0 Å². The number of amides is 2. The molecule has 0 saturated carbocycles. The van der Waals surface area contributed by atoms with Crippen LogP contribution in [-0.2, 0) is 13.0 Å². The van der Waals surface area contributed by atoms with E-state index in [4.69, 9.17) is 0 Å². The molecule has 150 valence electrons. The summed E-state index contributed by atoms with van der Waals surface area (Å²) in [5.74, 6) is 0.268. The van der Waals surface area contributed by atoms with Gasteiger partial charge in [0.15, 0.2) is 0 Å². The second-order valence-electron chi connectivity index (χ2n) is 6.80. The van der Waals surface area contributed by atoms with Crippen LogP contribution in [0.15, 0.2) is 79.3 Å². The minimum atomic E-state index is -0.323. The first-order chi connectivity index (χ1) is 14.8. The molecule has 0 atom stereocenters. The Labute approximate surface area is 174 Å². The third-order valence-corrected chi connectivity index (χ3v) is 4.57. The Kier molecular flexibility index (Phi) is 6.10. The summed E-state index contributed by atoms with van der Waals surface area (Å²) in [6.45, 7) is 1.20. The molecule has 0 aliphatic carbocycles. The Hall–Kier alpha value is -4.00. The van der Waals surface area contributed by atoms with E-state index in [9.17, 15) is 4.79 Å². The molecule has 0 saturated heterocycles. The molecule has 0 unspecified atom stereocenters. The maximum absolute atomic E-state index is 12.1. The number of carbonyl (C=O) groups excluding carboxylic acids is 1. The van der Waals surface area contributed by atoms with Crippen LogP contribution in [0.4, 0.5) is 16.4 Å². The Balaban J connectivity index is 1.35. The van der Waals surface area contributed by atoms with Crippen LogP contribution in [0.5, 0.6) is 0 Å². The molecule has 0 aliphatic rings. The Morgan fingerprint density at radius 1 is 0.933 bits per heavy atom. The second-order valence-corrected chi connectivity index (χ2v) is 6.80. The molecule has 30 heavy (non-hydrogen) atoms. The summed E-state index contributed by atoms with van der Waals surface area (Å²) >= 11 is 0. The van der Waals surface area contributed by atoms with Gasteiger partial charge in [-0.1, -0.05) is 36.4 Å². The highest BCUT2D eigenvalue weighted by Gasteiger charge is 2.06.